The van der Waals surface area contributed by atoms with Gasteiger partial charge in [-0.2, -0.15) is 0 Å². The zero-order chi connectivity index (χ0) is 13.8. The first-order valence-electron chi connectivity index (χ1n) is 5.58. The number of benzene rings is 2. The average Bonchev–Trinajstić information content (AvgIpc) is 2.38. The molecule has 0 aliphatic carbocycles. The number of hydrogen-bond donors (Lipinski definition) is 0. The monoisotopic (exact) mass is 273 g/mol. The van der Waals surface area contributed by atoms with Gasteiger partial charge in [-0.05, 0) is 31.2 Å². The van der Waals surface area contributed by atoms with Crippen LogP contribution in [0.3, 0.4) is 0 Å². The molecule has 0 aliphatic rings. The van der Waals surface area contributed by atoms with Gasteiger partial charge in [0, 0.05) is 15.9 Å². The molecular formula is C14H11NO3S. The standard InChI is InChI=1S/C14H11NO3S/c1-10-3-2-4-12(7-10)19-13-5-6-14(15(17)18)11(8-13)9-16/h2-9H,1H3. The summed E-state index contributed by atoms with van der Waals surface area (Å²) in [6, 6.07) is 12.5. The van der Waals surface area contributed by atoms with Crippen LogP contribution in [-0.2, 0) is 0 Å². The maximum Gasteiger partial charge on any atom is 0.279 e. The molecular weight excluding hydrogens is 262 g/mol. The van der Waals surface area contributed by atoms with Gasteiger partial charge in [0.2, 0.25) is 0 Å². The fraction of sp³-hybridized carbons (Fsp3) is 0.0714. The summed E-state index contributed by atoms with van der Waals surface area (Å²) in [5, 5.41) is 10.7. The third-order valence-corrected chi connectivity index (χ3v) is 3.53. The van der Waals surface area contributed by atoms with Crippen molar-refractivity contribution in [2.24, 2.45) is 0 Å². The van der Waals surface area contributed by atoms with E-state index >= 15 is 0 Å². The van der Waals surface area contributed by atoms with E-state index in [4.69, 9.17) is 0 Å². The molecule has 2 aromatic rings. The first-order valence-corrected chi connectivity index (χ1v) is 6.40. The van der Waals surface area contributed by atoms with Crippen molar-refractivity contribution in [1.29, 1.82) is 0 Å². The van der Waals surface area contributed by atoms with Gasteiger partial charge in [-0.3, -0.25) is 14.9 Å². The van der Waals surface area contributed by atoms with Crippen LogP contribution in [0, 0.1) is 17.0 Å². The Hall–Kier alpha value is -2.14. The number of nitrogens with zero attached hydrogens (tertiary/aromatic N) is 1. The summed E-state index contributed by atoms with van der Waals surface area (Å²) in [4.78, 5) is 22.9. The van der Waals surface area contributed by atoms with Crippen molar-refractivity contribution in [2.75, 3.05) is 0 Å². The lowest BCUT2D eigenvalue weighted by Crippen LogP contribution is -1.94. The minimum atomic E-state index is -0.551. The highest BCUT2D eigenvalue weighted by Gasteiger charge is 2.13. The highest BCUT2D eigenvalue weighted by Crippen LogP contribution is 2.31. The van der Waals surface area contributed by atoms with Gasteiger partial charge in [0.25, 0.3) is 5.69 Å². The molecule has 0 N–H and O–H groups in total. The minimum Gasteiger partial charge on any atom is -0.298 e. The topological polar surface area (TPSA) is 60.2 Å². The highest BCUT2D eigenvalue weighted by atomic mass is 32.2. The number of rotatable bonds is 4. The van der Waals surface area contributed by atoms with E-state index in [-0.39, 0.29) is 11.3 Å². The number of hydrogen-bond acceptors (Lipinski definition) is 4. The normalized spacial score (nSPS) is 10.2. The maximum atomic E-state index is 10.9. The van der Waals surface area contributed by atoms with Crippen molar-refractivity contribution < 1.29 is 9.72 Å². The number of aldehydes is 1. The molecule has 0 radical (unpaired) electrons. The fourth-order valence-corrected chi connectivity index (χ4v) is 2.66. The summed E-state index contributed by atoms with van der Waals surface area (Å²) >= 11 is 1.47. The molecule has 0 bridgehead atoms. The number of carbonyl (C=O) groups is 1. The molecule has 19 heavy (non-hydrogen) atoms. The van der Waals surface area contributed by atoms with Gasteiger partial charge >= 0.3 is 0 Å². The van der Waals surface area contributed by atoms with E-state index in [1.807, 2.05) is 31.2 Å². The highest BCUT2D eigenvalue weighted by molar-refractivity contribution is 7.99. The summed E-state index contributed by atoms with van der Waals surface area (Å²) in [7, 11) is 0. The second-order valence-electron chi connectivity index (χ2n) is 4.01. The third-order valence-electron chi connectivity index (χ3n) is 2.55. The van der Waals surface area contributed by atoms with Gasteiger partial charge in [-0.25, -0.2) is 0 Å². The van der Waals surface area contributed by atoms with Gasteiger partial charge in [-0.1, -0.05) is 29.5 Å². The lowest BCUT2D eigenvalue weighted by atomic mass is 10.2. The summed E-state index contributed by atoms with van der Waals surface area (Å²) in [5.74, 6) is 0. The Labute approximate surface area is 114 Å². The van der Waals surface area contributed by atoms with Crippen LogP contribution in [0.1, 0.15) is 15.9 Å². The molecule has 2 aromatic carbocycles. The minimum absolute atomic E-state index is 0.0997. The average molecular weight is 273 g/mol. The van der Waals surface area contributed by atoms with Crippen LogP contribution in [-0.4, -0.2) is 11.2 Å². The predicted octanol–water partition coefficient (Wildman–Crippen LogP) is 3.87. The zero-order valence-electron chi connectivity index (χ0n) is 10.2. The molecule has 0 aliphatic heterocycles. The van der Waals surface area contributed by atoms with E-state index in [1.165, 1.54) is 23.9 Å². The van der Waals surface area contributed by atoms with E-state index in [0.717, 1.165) is 15.4 Å². The second kappa shape index (κ2) is 5.67. The van der Waals surface area contributed by atoms with Crippen molar-refractivity contribution in [3.8, 4) is 0 Å². The first kappa shape index (κ1) is 13.3. The molecule has 0 aromatic heterocycles. The van der Waals surface area contributed by atoms with Gasteiger partial charge in [0.1, 0.15) is 0 Å². The van der Waals surface area contributed by atoms with E-state index in [2.05, 4.69) is 0 Å². The zero-order valence-corrected chi connectivity index (χ0v) is 11.0. The van der Waals surface area contributed by atoms with Crippen molar-refractivity contribution in [3.63, 3.8) is 0 Å². The third kappa shape index (κ3) is 3.20. The Balaban J connectivity index is 2.31. The predicted molar refractivity (Wildman–Crippen MR) is 73.8 cm³/mol. The number of aryl methyl sites for hydroxylation is 1. The molecule has 5 heteroatoms. The molecule has 0 unspecified atom stereocenters. The summed E-state index contributed by atoms with van der Waals surface area (Å²) < 4.78 is 0. The first-order chi connectivity index (χ1) is 9.10. The number of carbonyl (C=O) groups excluding carboxylic acids is 1. The summed E-state index contributed by atoms with van der Waals surface area (Å²) in [5.41, 5.74) is 1.08. The number of nitro groups is 1. The molecule has 4 nitrogen and oxygen atoms in total. The van der Waals surface area contributed by atoms with Gasteiger partial charge in [-0.15, -0.1) is 0 Å². The smallest absolute Gasteiger partial charge is 0.279 e. The van der Waals surface area contributed by atoms with Crippen molar-refractivity contribution >= 4 is 23.7 Å². The van der Waals surface area contributed by atoms with Gasteiger partial charge in [0.05, 0.1) is 10.5 Å². The van der Waals surface area contributed by atoms with E-state index in [0.29, 0.717) is 6.29 Å². The molecule has 0 saturated heterocycles. The van der Waals surface area contributed by atoms with Crippen molar-refractivity contribution in [2.45, 2.75) is 16.7 Å². The van der Waals surface area contributed by atoms with Crippen LogP contribution in [0.2, 0.25) is 0 Å². The molecule has 0 spiro atoms. The van der Waals surface area contributed by atoms with E-state index < -0.39 is 4.92 Å². The lowest BCUT2D eigenvalue weighted by Gasteiger charge is -2.04. The van der Waals surface area contributed by atoms with Crippen LogP contribution < -0.4 is 0 Å². The Morgan fingerprint density at radius 1 is 1.16 bits per heavy atom. The largest absolute Gasteiger partial charge is 0.298 e. The Morgan fingerprint density at radius 2 is 1.89 bits per heavy atom. The molecule has 0 fully saturated rings. The quantitative estimate of drug-likeness (QED) is 0.482. The van der Waals surface area contributed by atoms with Crippen molar-refractivity contribution in [1.82, 2.24) is 0 Å². The molecule has 2 rings (SSSR count). The van der Waals surface area contributed by atoms with E-state index in [9.17, 15) is 14.9 Å². The molecule has 0 saturated carbocycles. The summed E-state index contributed by atoms with van der Waals surface area (Å²) in [6.07, 6.45) is 0.512. The Kier molecular flexibility index (Phi) is 3.97. The molecule has 0 heterocycles. The lowest BCUT2D eigenvalue weighted by molar-refractivity contribution is -0.385. The second-order valence-corrected chi connectivity index (χ2v) is 5.16. The molecule has 0 amide bonds. The Morgan fingerprint density at radius 3 is 2.53 bits per heavy atom. The number of nitro benzene ring substituents is 1. The molecule has 96 valence electrons. The maximum absolute atomic E-state index is 10.9. The summed E-state index contributed by atoms with van der Waals surface area (Å²) in [6.45, 7) is 2.00. The fourth-order valence-electron chi connectivity index (χ4n) is 1.67. The SMILES string of the molecule is Cc1cccc(Sc2ccc([N+](=O)[O-])c(C=O)c2)c1. The van der Waals surface area contributed by atoms with Crippen molar-refractivity contribution in [3.05, 3.63) is 63.7 Å². The van der Waals surface area contributed by atoms with Gasteiger partial charge < -0.3 is 0 Å². The molecule has 0 atom stereocenters. The van der Waals surface area contributed by atoms with Crippen LogP contribution in [0.5, 0.6) is 0 Å². The Bertz CT molecular complexity index is 640. The van der Waals surface area contributed by atoms with Gasteiger partial charge in [0.15, 0.2) is 6.29 Å². The van der Waals surface area contributed by atoms with Crippen LogP contribution >= 0.6 is 11.8 Å². The van der Waals surface area contributed by atoms with Crippen LogP contribution in [0.4, 0.5) is 5.69 Å². The van der Waals surface area contributed by atoms with E-state index in [1.54, 1.807) is 6.07 Å². The van der Waals surface area contributed by atoms with Crippen LogP contribution in [0.15, 0.2) is 52.3 Å². The van der Waals surface area contributed by atoms with Crippen LogP contribution in [0.25, 0.3) is 0 Å².